The maximum Gasteiger partial charge on any atom is 0.208 e. The topological polar surface area (TPSA) is 39.4 Å². The third-order valence-electron chi connectivity index (χ3n) is 1.50. The zero-order chi connectivity index (χ0) is 9.40. The molecule has 0 N–H and O–H groups in total. The van der Waals surface area contributed by atoms with Crippen molar-refractivity contribution in [2.24, 2.45) is 4.99 Å². The van der Waals surface area contributed by atoms with Crippen LogP contribution in [0.2, 0.25) is 0 Å². The van der Waals surface area contributed by atoms with E-state index >= 15 is 0 Å². The highest BCUT2D eigenvalue weighted by molar-refractivity contribution is 8.13. The molecule has 12 heavy (non-hydrogen) atoms. The predicted octanol–water partition coefficient (Wildman–Crippen LogP) is 1.92. The zero-order valence-corrected chi connectivity index (χ0v) is 8.69. The van der Waals surface area contributed by atoms with Crippen LogP contribution in [0, 0.1) is 11.5 Å². The smallest absolute Gasteiger partial charge is 0.208 e. The highest BCUT2D eigenvalue weighted by atomic mass is 32.2. The second-order valence-electron chi connectivity index (χ2n) is 2.47. The lowest BCUT2D eigenvalue weighted by Crippen LogP contribution is -2.24. The van der Waals surface area contributed by atoms with E-state index in [1.807, 2.05) is 18.2 Å². The highest BCUT2D eigenvalue weighted by Gasteiger charge is 2.02. The molecule has 0 bridgehead atoms. The molecule has 0 aliphatic carbocycles. The van der Waals surface area contributed by atoms with Crippen LogP contribution >= 0.6 is 11.8 Å². The number of aliphatic imine (C=N–C) groups is 1. The Hall–Kier alpha value is -0.690. The molecule has 0 saturated heterocycles. The first-order chi connectivity index (χ1) is 5.76. The van der Waals surface area contributed by atoms with Gasteiger partial charge in [-0.05, 0) is 12.7 Å². The second kappa shape index (κ2) is 6.99. The van der Waals surface area contributed by atoms with E-state index in [1.165, 1.54) is 18.2 Å². The Bertz CT molecular complexity index is 183. The normalized spacial score (nSPS) is 11.0. The molecule has 0 aromatic carbocycles. The van der Waals surface area contributed by atoms with Crippen molar-refractivity contribution in [2.75, 3.05) is 19.8 Å². The van der Waals surface area contributed by atoms with E-state index in [4.69, 9.17) is 5.26 Å². The molecule has 0 amide bonds. The minimum Gasteiger partial charge on any atom is -0.354 e. The van der Waals surface area contributed by atoms with E-state index < -0.39 is 0 Å². The lowest BCUT2D eigenvalue weighted by atomic mass is 10.3. The number of nitrogens with zero attached hydrogens (tertiary/aromatic N) is 3. The van der Waals surface area contributed by atoms with Gasteiger partial charge in [-0.3, -0.25) is 0 Å². The Kier molecular flexibility index (Phi) is 6.58. The van der Waals surface area contributed by atoms with Crippen LogP contribution in [-0.2, 0) is 0 Å². The zero-order valence-electron chi connectivity index (χ0n) is 7.87. The number of nitriles is 1. The van der Waals surface area contributed by atoms with E-state index in [1.54, 1.807) is 6.19 Å². The second-order valence-corrected chi connectivity index (χ2v) is 3.25. The van der Waals surface area contributed by atoms with Gasteiger partial charge in [-0.1, -0.05) is 25.1 Å². The van der Waals surface area contributed by atoms with Crippen molar-refractivity contribution in [1.29, 1.82) is 5.26 Å². The first kappa shape index (κ1) is 11.3. The fourth-order valence-corrected chi connectivity index (χ4v) is 1.36. The molecule has 3 nitrogen and oxygen atoms in total. The number of amidine groups is 1. The molecule has 0 spiro atoms. The molecule has 0 rings (SSSR count). The van der Waals surface area contributed by atoms with Crippen molar-refractivity contribution in [1.82, 2.24) is 4.90 Å². The summed E-state index contributed by atoms with van der Waals surface area (Å²) in [4.78, 5) is 5.72. The molecule has 0 heterocycles. The van der Waals surface area contributed by atoms with Crippen LogP contribution in [0.15, 0.2) is 4.99 Å². The van der Waals surface area contributed by atoms with Gasteiger partial charge in [-0.2, -0.15) is 5.26 Å². The Labute approximate surface area is 78.5 Å². The molecule has 0 radical (unpaired) electrons. The van der Waals surface area contributed by atoms with Crippen molar-refractivity contribution in [3.63, 3.8) is 0 Å². The van der Waals surface area contributed by atoms with E-state index in [0.29, 0.717) is 0 Å². The number of hydrogen-bond acceptors (Lipinski definition) is 3. The fourth-order valence-electron chi connectivity index (χ4n) is 0.821. The molecule has 0 atom stereocenters. The number of hydrogen-bond donors (Lipinski definition) is 0. The Morgan fingerprint density at radius 2 is 2.33 bits per heavy atom. The molecule has 0 aliphatic heterocycles. The minimum atomic E-state index is 0.797. The molecule has 0 aromatic heterocycles. The van der Waals surface area contributed by atoms with Gasteiger partial charge in [0.1, 0.15) is 0 Å². The van der Waals surface area contributed by atoms with E-state index in [-0.39, 0.29) is 0 Å². The summed E-state index contributed by atoms with van der Waals surface area (Å²) in [6.07, 6.45) is 6.04. The monoisotopic (exact) mass is 185 g/mol. The summed E-state index contributed by atoms with van der Waals surface area (Å²) in [7, 11) is 1.96. The summed E-state index contributed by atoms with van der Waals surface area (Å²) >= 11 is 1.51. The van der Waals surface area contributed by atoms with Gasteiger partial charge in [0, 0.05) is 13.6 Å². The third-order valence-corrected chi connectivity index (χ3v) is 2.27. The fraction of sp³-hybridized carbons (Fsp3) is 0.750. The standard InChI is InChI=1S/C8H15N3S/c1-4-5-6-11(2)8(12-3)10-7-9/h4-6H2,1-3H3/b10-8-. The Balaban J connectivity index is 3.96. The molecule has 0 fully saturated rings. The van der Waals surface area contributed by atoms with Gasteiger partial charge in [0.25, 0.3) is 0 Å². The van der Waals surface area contributed by atoms with Gasteiger partial charge in [0.05, 0.1) is 0 Å². The van der Waals surface area contributed by atoms with Crippen LogP contribution in [-0.4, -0.2) is 29.9 Å². The van der Waals surface area contributed by atoms with E-state index in [2.05, 4.69) is 11.9 Å². The summed E-state index contributed by atoms with van der Waals surface area (Å²) in [5.41, 5.74) is 0. The molecular formula is C8H15N3S. The number of thioether (sulfide) groups is 1. The molecule has 0 unspecified atom stereocenters. The van der Waals surface area contributed by atoms with Crippen molar-refractivity contribution in [3.05, 3.63) is 0 Å². The first-order valence-electron chi connectivity index (χ1n) is 3.98. The minimum absolute atomic E-state index is 0.797. The average molecular weight is 185 g/mol. The van der Waals surface area contributed by atoms with Crippen LogP contribution in [0.5, 0.6) is 0 Å². The number of unbranched alkanes of at least 4 members (excludes halogenated alkanes) is 1. The Morgan fingerprint density at radius 1 is 1.67 bits per heavy atom. The van der Waals surface area contributed by atoms with Crippen LogP contribution in [0.4, 0.5) is 0 Å². The van der Waals surface area contributed by atoms with Crippen LogP contribution in [0.1, 0.15) is 19.8 Å². The maximum atomic E-state index is 8.36. The van der Waals surface area contributed by atoms with Gasteiger partial charge >= 0.3 is 0 Å². The van der Waals surface area contributed by atoms with Gasteiger partial charge in [-0.15, -0.1) is 4.99 Å². The molecular weight excluding hydrogens is 170 g/mol. The first-order valence-corrected chi connectivity index (χ1v) is 5.20. The van der Waals surface area contributed by atoms with Gasteiger partial charge in [0.2, 0.25) is 6.19 Å². The van der Waals surface area contributed by atoms with Gasteiger partial charge in [0.15, 0.2) is 5.17 Å². The van der Waals surface area contributed by atoms with Crippen molar-refractivity contribution in [3.8, 4) is 6.19 Å². The maximum absolute atomic E-state index is 8.36. The predicted molar refractivity (Wildman–Crippen MR) is 54.1 cm³/mol. The highest BCUT2D eigenvalue weighted by Crippen LogP contribution is 2.04. The third kappa shape index (κ3) is 4.24. The van der Waals surface area contributed by atoms with Crippen molar-refractivity contribution in [2.45, 2.75) is 19.8 Å². The van der Waals surface area contributed by atoms with Crippen LogP contribution < -0.4 is 0 Å². The molecule has 0 aliphatic rings. The quantitative estimate of drug-likeness (QED) is 0.383. The SMILES string of the molecule is CCCCN(C)/C(=N/C#N)SC. The lowest BCUT2D eigenvalue weighted by molar-refractivity contribution is 0.493. The van der Waals surface area contributed by atoms with Crippen molar-refractivity contribution < 1.29 is 0 Å². The molecule has 68 valence electrons. The van der Waals surface area contributed by atoms with Gasteiger partial charge < -0.3 is 4.90 Å². The van der Waals surface area contributed by atoms with E-state index in [0.717, 1.165) is 18.1 Å². The van der Waals surface area contributed by atoms with Crippen LogP contribution in [0.25, 0.3) is 0 Å². The number of rotatable bonds is 3. The van der Waals surface area contributed by atoms with Crippen LogP contribution in [0.3, 0.4) is 0 Å². The summed E-state index contributed by atoms with van der Waals surface area (Å²) in [5, 5.41) is 9.16. The largest absolute Gasteiger partial charge is 0.354 e. The summed E-state index contributed by atoms with van der Waals surface area (Å²) < 4.78 is 0. The molecule has 0 saturated carbocycles. The van der Waals surface area contributed by atoms with Gasteiger partial charge in [-0.25, -0.2) is 0 Å². The molecule has 0 aromatic rings. The lowest BCUT2D eigenvalue weighted by Gasteiger charge is -2.17. The molecule has 4 heteroatoms. The summed E-state index contributed by atoms with van der Waals surface area (Å²) in [6, 6.07) is 0. The average Bonchev–Trinajstić information content (AvgIpc) is 2.10. The Morgan fingerprint density at radius 3 is 2.75 bits per heavy atom. The van der Waals surface area contributed by atoms with Crippen molar-refractivity contribution >= 4 is 16.9 Å². The van der Waals surface area contributed by atoms with E-state index in [9.17, 15) is 0 Å². The summed E-state index contributed by atoms with van der Waals surface area (Å²) in [5.74, 6) is 0. The summed E-state index contributed by atoms with van der Waals surface area (Å²) in [6.45, 7) is 3.12.